The summed E-state index contributed by atoms with van der Waals surface area (Å²) in [5.41, 5.74) is 1.27. The van der Waals surface area contributed by atoms with Crippen LogP contribution in [0.2, 0.25) is 5.02 Å². The van der Waals surface area contributed by atoms with Crippen LogP contribution in [-0.4, -0.2) is 33.6 Å². The second-order valence-corrected chi connectivity index (χ2v) is 9.48. The molecule has 3 aromatic carbocycles. The van der Waals surface area contributed by atoms with Crippen LogP contribution in [0.3, 0.4) is 0 Å². The Morgan fingerprint density at radius 1 is 1.10 bits per heavy atom. The average Bonchev–Trinajstić information content (AvgIpc) is 3.22. The van der Waals surface area contributed by atoms with E-state index in [1.165, 1.54) is 18.2 Å². The fourth-order valence-electron chi connectivity index (χ4n) is 3.52. The summed E-state index contributed by atoms with van der Waals surface area (Å²) in [5, 5.41) is 22.0. The zero-order valence-corrected chi connectivity index (χ0v) is 22.1. The van der Waals surface area contributed by atoms with Gasteiger partial charge in [0.2, 0.25) is 0 Å². The molecule has 0 aliphatic carbocycles. The summed E-state index contributed by atoms with van der Waals surface area (Å²) in [6.45, 7) is 1.84. The van der Waals surface area contributed by atoms with Crippen molar-refractivity contribution in [2.75, 3.05) is 6.61 Å². The van der Waals surface area contributed by atoms with E-state index in [1.54, 1.807) is 67.6 Å². The molecule has 1 aliphatic rings. The third-order valence-electron chi connectivity index (χ3n) is 5.38. The molecule has 0 atom stereocenters. The minimum absolute atomic E-state index is 0.000900. The summed E-state index contributed by atoms with van der Waals surface area (Å²) in [7, 11) is 0. The molecule has 0 fully saturated rings. The van der Waals surface area contributed by atoms with E-state index in [2.05, 4.69) is 4.99 Å². The van der Waals surface area contributed by atoms with Crippen LogP contribution in [0.1, 0.15) is 28.4 Å². The smallest absolute Gasteiger partial charge is 0.344 e. The van der Waals surface area contributed by atoms with E-state index >= 15 is 0 Å². The first kappa shape index (κ1) is 27.6. The summed E-state index contributed by atoms with van der Waals surface area (Å²) < 4.78 is 10.8. The zero-order valence-electron chi connectivity index (χ0n) is 20.5. The molecule has 39 heavy (non-hydrogen) atoms. The lowest BCUT2D eigenvalue weighted by Gasteiger charge is -2.07. The highest BCUT2D eigenvalue weighted by molar-refractivity contribution is 8.18. The Hall–Kier alpha value is -4.41. The predicted molar refractivity (Wildman–Crippen MR) is 149 cm³/mol. The van der Waals surface area contributed by atoms with Gasteiger partial charge in [0, 0.05) is 12.1 Å². The molecule has 3 aromatic rings. The fraction of sp³-hybridized carbons (Fsp3) is 0.107. The van der Waals surface area contributed by atoms with Gasteiger partial charge in [-0.25, -0.2) is 9.79 Å². The number of hydrogen-bond acceptors (Lipinski definition) is 8. The summed E-state index contributed by atoms with van der Waals surface area (Å²) >= 11 is 7.06. The molecule has 0 aromatic heterocycles. The quantitative estimate of drug-likeness (QED) is 0.186. The number of rotatable bonds is 8. The van der Waals surface area contributed by atoms with Crippen LogP contribution in [0.4, 0.5) is 5.69 Å². The zero-order chi connectivity index (χ0) is 27.9. The number of hydrogen-bond donors (Lipinski definition) is 1. The van der Waals surface area contributed by atoms with E-state index in [1.807, 2.05) is 0 Å². The van der Waals surface area contributed by atoms with Crippen LogP contribution >= 0.6 is 23.4 Å². The van der Waals surface area contributed by atoms with E-state index in [4.69, 9.17) is 21.1 Å². The van der Waals surface area contributed by atoms with Crippen molar-refractivity contribution >= 4 is 52.0 Å². The maximum absolute atomic E-state index is 12.8. The average molecular weight is 565 g/mol. The number of benzene rings is 3. The molecule has 0 radical (unpaired) electrons. The van der Waals surface area contributed by atoms with Crippen molar-refractivity contribution in [1.82, 2.24) is 0 Å². The van der Waals surface area contributed by atoms with Gasteiger partial charge >= 0.3 is 5.97 Å². The molecule has 11 heteroatoms. The molecule has 0 unspecified atom stereocenters. The van der Waals surface area contributed by atoms with Crippen LogP contribution in [0.15, 0.2) is 94.0 Å². The van der Waals surface area contributed by atoms with Gasteiger partial charge in [0.1, 0.15) is 28.7 Å². The van der Waals surface area contributed by atoms with E-state index in [-0.39, 0.29) is 45.9 Å². The highest BCUT2D eigenvalue weighted by atomic mass is 35.5. The number of halogens is 1. The molecule has 1 aliphatic heterocycles. The number of ether oxygens (including phenoxy) is 2. The van der Waals surface area contributed by atoms with Crippen molar-refractivity contribution in [2.24, 2.45) is 4.99 Å². The number of nitro benzene ring substituents is 1. The highest BCUT2D eigenvalue weighted by Crippen LogP contribution is 2.39. The summed E-state index contributed by atoms with van der Waals surface area (Å²) in [6, 6.07) is 19.4. The van der Waals surface area contributed by atoms with Crippen LogP contribution in [0.5, 0.6) is 5.75 Å². The van der Waals surface area contributed by atoms with Crippen molar-refractivity contribution in [3.05, 3.63) is 121 Å². The SMILES string of the molecule is CCOC(=O)C1=C(O)/C(=C/c2ccc(OCc3cccc([N+](=O)[O-])c3)cc2)SC1=NC(=O)c1ccccc1Cl. The lowest BCUT2D eigenvalue weighted by Crippen LogP contribution is -2.14. The summed E-state index contributed by atoms with van der Waals surface area (Å²) in [4.78, 5) is 40.2. The highest BCUT2D eigenvalue weighted by Gasteiger charge is 2.34. The Labute approximate surface area is 232 Å². The molecule has 0 saturated heterocycles. The summed E-state index contributed by atoms with van der Waals surface area (Å²) in [6.07, 6.45) is 1.63. The number of nitro groups is 1. The number of carbonyl (C=O) groups is 2. The Kier molecular flexibility index (Phi) is 8.80. The van der Waals surface area contributed by atoms with Gasteiger partial charge in [0.15, 0.2) is 0 Å². The molecule has 1 amide bonds. The lowest BCUT2D eigenvalue weighted by atomic mass is 10.1. The normalized spacial score (nSPS) is 15.0. The van der Waals surface area contributed by atoms with Gasteiger partial charge in [-0.2, -0.15) is 0 Å². The minimum Gasteiger partial charge on any atom is -0.506 e. The van der Waals surface area contributed by atoms with Crippen molar-refractivity contribution in [3.8, 4) is 5.75 Å². The second-order valence-electron chi connectivity index (χ2n) is 8.04. The van der Waals surface area contributed by atoms with Crippen molar-refractivity contribution in [2.45, 2.75) is 13.5 Å². The van der Waals surface area contributed by atoms with Gasteiger partial charge in [-0.3, -0.25) is 14.9 Å². The van der Waals surface area contributed by atoms with E-state index in [0.717, 1.165) is 11.8 Å². The first-order valence-corrected chi connectivity index (χ1v) is 12.8. The molecule has 4 rings (SSSR count). The van der Waals surface area contributed by atoms with E-state index < -0.39 is 16.8 Å². The Morgan fingerprint density at radius 3 is 2.54 bits per heavy atom. The van der Waals surface area contributed by atoms with Crippen molar-refractivity contribution in [1.29, 1.82) is 0 Å². The molecule has 0 saturated carbocycles. The van der Waals surface area contributed by atoms with Crippen LogP contribution < -0.4 is 4.74 Å². The standard InChI is InChI=1S/C28H21ClN2O7S/c1-2-37-28(34)24-25(32)23(39-27(24)30-26(33)21-8-3-4-9-22(21)29)15-17-10-12-20(13-11-17)38-16-18-6-5-7-19(14-18)31(35)36/h3-15,32H,2,16H2,1H3/b23-15-,30-27?. The minimum atomic E-state index is -0.804. The molecular weight excluding hydrogens is 544 g/mol. The first-order valence-electron chi connectivity index (χ1n) is 11.6. The molecule has 198 valence electrons. The molecular formula is C28H21ClN2O7S. The van der Waals surface area contributed by atoms with Gasteiger partial charge in [-0.1, -0.05) is 59.8 Å². The van der Waals surface area contributed by atoms with Crippen molar-refractivity contribution in [3.63, 3.8) is 0 Å². The Morgan fingerprint density at radius 2 is 1.85 bits per heavy atom. The molecule has 9 nitrogen and oxygen atoms in total. The number of non-ortho nitro benzene ring substituents is 1. The third kappa shape index (κ3) is 6.73. The number of carbonyl (C=O) groups excluding carboxylic acids is 2. The van der Waals surface area contributed by atoms with E-state index in [0.29, 0.717) is 21.8 Å². The number of amides is 1. The second kappa shape index (κ2) is 12.4. The number of aliphatic hydroxyl groups is 1. The number of thioether (sulfide) groups is 1. The number of nitrogens with zero attached hydrogens (tertiary/aromatic N) is 2. The van der Waals surface area contributed by atoms with Gasteiger partial charge in [0.25, 0.3) is 11.6 Å². The van der Waals surface area contributed by atoms with Gasteiger partial charge in [0.05, 0.1) is 27.0 Å². The largest absolute Gasteiger partial charge is 0.506 e. The topological polar surface area (TPSA) is 128 Å². The number of aliphatic hydroxyl groups excluding tert-OH is 1. The molecule has 1 N–H and O–H groups in total. The molecule has 0 spiro atoms. The Bertz CT molecular complexity index is 1530. The van der Waals surface area contributed by atoms with Gasteiger partial charge in [-0.05, 0) is 48.4 Å². The van der Waals surface area contributed by atoms with E-state index in [9.17, 15) is 24.8 Å². The Balaban J connectivity index is 1.54. The van der Waals surface area contributed by atoms with Crippen molar-refractivity contribution < 1.29 is 29.1 Å². The summed E-state index contributed by atoms with van der Waals surface area (Å²) in [5.74, 6) is -1.29. The number of esters is 1. The van der Waals surface area contributed by atoms with Gasteiger partial charge in [-0.15, -0.1) is 0 Å². The van der Waals surface area contributed by atoms with Crippen LogP contribution in [0.25, 0.3) is 6.08 Å². The molecule has 0 bridgehead atoms. The van der Waals surface area contributed by atoms with Crippen LogP contribution in [-0.2, 0) is 16.1 Å². The lowest BCUT2D eigenvalue weighted by molar-refractivity contribution is -0.384. The van der Waals surface area contributed by atoms with Crippen LogP contribution in [0, 0.1) is 10.1 Å². The third-order valence-corrected chi connectivity index (χ3v) is 6.73. The fourth-order valence-corrected chi connectivity index (χ4v) is 4.75. The predicted octanol–water partition coefficient (Wildman–Crippen LogP) is 6.53. The monoisotopic (exact) mass is 564 g/mol. The molecule has 1 heterocycles. The maximum Gasteiger partial charge on any atom is 0.344 e. The maximum atomic E-state index is 12.8. The first-order chi connectivity index (χ1) is 18.8. The van der Waals surface area contributed by atoms with Gasteiger partial charge < -0.3 is 14.6 Å². The number of aliphatic imine (C=N–C) groups is 1.